The molecule has 0 unspecified atom stereocenters. The SMILES string of the molecule is Cc1ccc(C2(c3ccc(C)s3)c3cc(-c4cccs4)sc3-c3sc4c5c(sc4c32)-c2sc(-c3ccc(CC/C=C4\C(=O)c6ccccc6C4=C(C#N)C#N)s3)cc2C5(c2ccc(C)s2)c2ccc(C)s2)s1. The second-order valence-corrected chi connectivity index (χ2v) is 29.8. The molecule has 3 aliphatic rings. The molecule has 13 heteroatoms. The Hall–Kier alpha value is -5.39. The maximum absolute atomic E-state index is 13.6. The predicted molar refractivity (Wildman–Crippen MR) is 312 cm³/mol. The monoisotopic (exact) mass is 1110 g/mol. The molecule has 0 saturated carbocycles. The number of thiophene rings is 10. The Morgan fingerprint density at radius 1 is 0.528 bits per heavy atom. The highest BCUT2D eigenvalue weighted by atomic mass is 32.1. The largest absolute Gasteiger partial charge is 0.289 e. The third-order valence-electron chi connectivity index (χ3n) is 14.2. The Morgan fingerprint density at radius 2 is 1.04 bits per heavy atom. The molecule has 14 rings (SSSR count). The minimum absolute atomic E-state index is 0.0252. The summed E-state index contributed by atoms with van der Waals surface area (Å²) >= 11 is 19.4. The number of benzene rings is 1. The van der Waals surface area contributed by atoms with E-state index in [1.165, 1.54) is 115 Å². The van der Waals surface area contributed by atoms with E-state index in [0.717, 1.165) is 6.42 Å². The minimum atomic E-state index is -0.481. The molecule has 3 nitrogen and oxygen atoms in total. The minimum Gasteiger partial charge on any atom is -0.289 e. The first kappa shape index (κ1) is 45.2. The van der Waals surface area contributed by atoms with Crippen molar-refractivity contribution in [1.82, 2.24) is 0 Å². The van der Waals surface area contributed by atoms with E-state index in [4.69, 9.17) is 0 Å². The molecule has 3 aliphatic carbocycles. The van der Waals surface area contributed by atoms with Gasteiger partial charge >= 0.3 is 0 Å². The van der Waals surface area contributed by atoms with Crippen LogP contribution >= 0.6 is 113 Å². The van der Waals surface area contributed by atoms with Crippen molar-refractivity contribution in [1.29, 1.82) is 10.5 Å². The molecule has 10 heterocycles. The standard InChI is InChI=1S/C59H36N2OS10/c1-29-14-20-44(64-29)58(45-21-15-30(2)65-45)38-25-42(40-13-8-24-63-40)69-52(38)54-49(58)56-57(71-54)50-55(72-56)53-39(59(50,46-22-16-31(3)66-46)47-23-17-32(4)67-47)26-43(70-53)41-19-18-34(68-41)9-7-12-37-48(33(27-60)28-61)35-10-5-6-11-36(35)51(37)62/h5-6,8,10-26H,7,9H2,1-4H3/b37-12-. The molecule has 0 atom stereocenters. The van der Waals surface area contributed by atoms with Crippen LogP contribution in [0, 0.1) is 50.4 Å². The molecular formula is C59H36N2OS10. The Labute approximate surface area is 456 Å². The fourth-order valence-corrected chi connectivity index (χ4v) is 23.5. The number of allylic oxidation sites excluding steroid dienone is 4. The average Bonchev–Trinajstić information content (AvgIpc) is 4.19. The predicted octanol–water partition coefficient (Wildman–Crippen LogP) is 19.3. The van der Waals surface area contributed by atoms with Crippen molar-refractivity contribution in [3.63, 3.8) is 0 Å². The van der Waals surface area contributed by atoms with E-state index in [0.29, 0.717) is 28.7 Å². The summed E-state index contributed by atoms with van der Waals surface area (Å²) in [6, 6.07) is 44.4. The fourth-order valence-electron chi connectivity index (χ4n) is 11.3. The summed E-state index contributed by atoms with van der Waals surface area (Å²) in [5.74, 6) is -0.125. The molecule has 0 radical (unpaired) electrons. The van der Waals surface area contributed by atoms with Gasteiger partial charge in [-0.05, 0) is 141 Å². The number of nitrogens with zero attached hydrogens (tertiary/aromatic N) is 2. The number of fused-ring (bicyclic) bond motifs is 10. The molecule has 0 amide bonds. The lowest BCUT2D eigenvalue weighted by molar-refractivity contribution is 0.104. The van der Waals surface area contributed by atoms with Gasteiger partial charge < -0.3 is 0 Å². The highest BCUT2D eigenvalue weighted by Gasteiger charge is 2.56. The molecule has 10 aromatic heterocycles. The zero-order valence-electron chi connectivity index (χ0n) is 38.8. The first-order valence-corrected chi connectivity index (χ1v) is 31.5. The van der Waals surface area contributed by atoms with Crippen LogP contribution in [0.25, 0.3) is 54.0 Å². The zero-order valence-corrected chi connectivity index (χ0v) is 47.0. The molecule has 72 heavy (non-hydrogen) atoms. The Balaban J connectivity index is 0.947. The van der Waals surface area contributed by atoms with Crippen molar-refractivity contribution in [3.8, 4) is 51.2 Å². The van der Waals surface area contributed by atoms with Gasteiger partial charge in [0.25, 0.3) is 0 Å². The maximum atomic E-state index is 13.6. The van der Waals surface area contributed by atoms with Gasteiger partial charge in [0, 0.05) is 91.2 Å². The molecule has 0 N–H and O–H groups in total. The Bertz CT molecular complexity index is 4130. The number of Topliss-reactive ketones (excluding diaryl/α,β-unsaturated/α-hetero) is 1. The van der Waals surface area contributed by atoms with Gasteiger partial charge in [0.1, 0.15) is 17.7 Å². The third kappa shape index (κ3) is 6.31. The van der Waals surface area contributed by atoms with Gasteiger partial charge in [-0.25, -0.2) is 0 Å². The second-order valence-electron chi connectivity index (χ2n) is 18.4. The van der Waals surface area contributed by atoms with Crippen LogP contribution in [-0.2, 0) is 17.3 Å². The number of nitriles is 2. The van der Waals surface area contributed by atoms with E-state index >= 15 is 0 Å². The van der Waals surface area contributed by atoms with Gasteiger partial charge in [0.15, 0.2) is 5.78 Å². The van der Waals surface area contributed by atoms with E-state index in [-0.39, 0.29) is 11.4 Å². The molecule has 1 aromatic carbocycles. The van der Waals surface area contributed by atoms with E-state index in [1.807, 2.05) is 150 Å². The fraction of sp³-hybridized carbons (Fsp3) is 0.136. The molecule has 348 valence electrons. The number of carbonyl (C=O) groups excluding carboxylic acids is 1. The topological polar surface area (TPSA) is 64.7 Å². The molecule has 0 spiro atoms. The van der Waals surface area contributed by atoms with Crippen LogP contribution < -0.4 is 0 Å². The first-order chi connectivity index (χ1) is 35.1. The quantitative estimate of drug-likeness (QED) is 0.107. The van der Waals surface area contributed by atoms with Crippen molar-refractivity contribution in [2.75, 3.05) is 0 Å². The van der Waals surface area contributed by atoms with Crippen molar-refractivity contribution in [2.24, 2.45) is 0 Å². The van der Waals surface area contributed by atoms with Crippen LogP contribution in [0.15, 0.2) is 132 Å². The van der Waals surface area contributed by atoms with Gasteiger partial charge in [-0.3, -0.25) is 4.79 Å². The summed E-state index contributed by atoms with van der Waals surface area (Å²) in [7, 11) is 0. The number of hydrogen-bond acceptors (Lipinski definition) is 13. The number of hydrogen-bond donors (Lipinski definition) is 0. The van der Waals surface area contributed by atoms with Crippen LogP contribution in [-0.4, -0.2) is 5.78 Å². The zero-order chi connectivity index (χ0) is 48.8. The second kappa shape index (κ2) is 16.8. The average molecular weight is 1110 g/mol. The van der Waals surface area contributed by atoms with Crippen molar-refractivity contribution < 1.29 is 4.79 Å². The van der Waals surface area contributed by atoms with Gasteiger partial charge in [0.2, 0.25) is 0 Å². The van der Waals surface area contributed by atoms with Crippen LogP contribution in [0.4, 0.5) is 0 Å². The van der Waals surface area contributed by atoms with Gasteiger partial charge in [-0.1, -0.05) is 36.4 Å². The van der Waals surface area contributed by atoms with Crippen LogP contribution in [0.2, 0.25) is 0 Å². The smallest absolute Gasteiger partial charge is 0.194 e. The lowest BCUT2D eigenvalue weighted by Crippen LogP contribution is -2.26. The third-order valence-corrected chi connectivity index (χ3v) is 26.3. The van der Waals surface area contributed by atoms with Crippen LogP contribution in [0.5, 0.6) is 0 Å². The van der Waals surface area contributed by atoms with Gasteiger partial charge in [-0.2, -0.15) is 10.5 Å². The molecule has 11 aromatic rings. The van der Waals surface area contributed by atoms with E-state index in [2.05, 4.69) is 118 Å². The van der Waals surface area contributed by atoms with Crippen molar-refractivity contribution in [3.05, 3.63) is 209 Å². The number of aryl methyl sites for hydroxylation is 5. The van der Waals surface area contributed by atoms with Gasteiger partial charge in [0.05, 0.1) is 39.7 Å². The molecular weight excluding hydrogens is 1070 g/mol. The Kier molecular flexibility index (Phi) is 10.6. The number of rotatable bonds is 9. The summed E-state index contributed by atoms with van der Waals surface area (Å²) in [6.45, 7) is 9.01. The summed E-state index contributed by atoms with van der Waals surface area (Å²) < 4.78 is 2.85. The summed E-state index contributed by atoms with van der Waals surface area (Å²) in [5.41, 5.74) is 6.93. The maximum Gasteiger partial charge on any atom is 0.194 e. The summed E-state index contributed by atoms with van der Waals surface area (Å²) in [4.78, 5) is 36.5. The first-order valence-electron chi connectivity index (χ1n) is 23.3. The number of carbonyl (C=O) groups is 1. The van der Waals surface area contributed by atoms with E-state index in [9.17, 15) is 15.3 Å². The van der Waals surface area contributed by atoms with Crippen LogP contribution in [0.1, 0.15) is 88.5 Å². The molecule has 0 aliphatic heterocycles. The van der Waals surface area contributed by atoms with Gasteiger partial charge in [-0.15, -0.1) is 113 Å². The van der Waals surface area contributed by atoms with Crippen LogP contribution in [0.3, 0.4) is 0 Å². The highest BCUT2D eigenvalue weighted by Crippen LogP contribution is 2.72. The molecule has 0 fully saturated rings. The lowest BCUT2D eigenvalue weighted by atomic mass is 9.75. The van der Waals surface area contributed by atoms with Crippen molar-refractivity contribution >= 4 is 134 Å². The Morgan fingerprint density at radius 3 is 1.51 bits per heavy atom. The normalized spacial score (nSPS) is 15.3. The lowest BCUT2D eigenvalue weighted by Gasteiger charge is -2.30. The molecule has 0 bridgehead atoms. The summed E-state index contributed by atoms with van der Waals surface area (Å²) in [5, 5.41) is 21.9. The van der Waals surface area contributed by atoms with Crippen molar-refractivity contribution in [2.45, 2.75) is 51.4 Å². The number of ketones is 1. The highest BCUT2D eigenvalue weighted by molar-refractivity contribution is 7.35. The van der Waals surface area contributed by atoms with E-state index in [1.54, 1.807) is 6.07 Å². The summed E-state index contributed by atoms with van der Waals surface area (Å²) in [6.07, 6.45) is 3.28. The van der Waals surface area contributed by atoms with E-state index < -0.39 is 10.8 Å². The molecule has 0 saturated heterocycles.